The van der Waals surface area contributed by atoms with Crippen LogP contribution in [0.5, 0.6) is 0 Å². The van der Waals surface area contributed by atoms with Crippen LogP contribution in [0.1, 0.15) is 5.56 Å². The average molecular weight is 386 g/mol. The molecule has 5 N–H and O–H groups in total. The molecule has 0 aliphatic heterocycles. The van der Waals surface area contributed by atoms with Crippen molar-refractivity contribution < 1.29 is 8.42 Å². The minimum absolute atomic E-state index is 0.0526. The predicted molar refractivity (Wildman–Crippen MR) is 91.1 cm³/mol. The maximum atomic E-state index is 11.2. The van der Waals surface area contributed by atoms with Crippen molar-refractivity contribution in [3.8, 4) is 0 Å². The van der Waals surface area contributed by atoms with E-state index in [0.29, 0.717) is 11.3 Å². The Morgan fingerprint density at radius 1 is 1.14 bits per heavy atom. The Bertz CT molecular complexity index is 790. The highest BCUT2D eigenvalue weighted by Crippen LogP contribution is 2.25. The van der Waals surface area contributed by atoms with Crippen LogP contribution in [0.3, 0.4) is 0 Å². The summed E-state index contributed by atoms with van der Waals surface area (Å²) in [7, 11) is -3.70. The van der Waals surface area contributed by atoms with E-state index in [1.54, 1.807) is 18.2 Å². The molecule has 0 saturated carbocycles. The van der Waals surface area contributed by atoms with E-state index >= 15 is 0 Å². The predicted octanol–water partition coefficient (Wildman–Crippen LogP) is 2.47. The van der Waals surface area contributed by atoms with Gasteiger partial charge in [0.2, 0.25) is 10.0 Å². The molecule has 0 aliphatic rings. The summed E-state index contributed by atoms with van der Waals surface area (Å²) >= 11 is 8.38. The summed E-state index contributed by atoms with van der Waals surface area (Å²) in [5.74, 6) is 0. The van der Waals surface area contributed by atoms with Gasteiger partial charge in [-0.3, -0.25) is 0 Å². The van der Waals surface area contributed by atoms with Crippen molar-refractivity contribution in [3.63, 3.8) is 0 Å². The Morgan fingerprint density at radius 3 is 2.29 bits per heavy atom. The van der Waals surface area contributed by atoms with Crippen LogP contribution in [0, 0.1) is 0 Å². The van der Waals surface area contributed by atoms with Gasteiger partial charge in [-0.25, -0.2) is 13.6 Å². The molecule has 0 amide bonds. The Morgan fingerprint density at radius 2 is 1.76 bits per heavy atom. The van der Waals surface area contributed by atoms with Gasteiger partial charge < -0.3 is 11.1 Å². The molecule has 110 valence electrons. The first-order chi connectivity index (χ1) is 9.77. The lowest BCUT2D eigenvalue weighted by molar-refractivity contribution is 0.598. The van der Waals surface area contributed by atoms with Crippen molar-refractivity contribution in [2.24, 2.45) is 10.9 Å². The van der Waals surface area contributed by atoms with Crippen molar-refractivity contribution in [1.29, 1.82) is 0 Å². The topological polar surface area (TPSA) is 98.2 Å². The number of nitrogens with two attached hydrogens (primary N) is 2. The van der Waals surface area contributed by atoms with E-state index in [9.17, 15) is 8.42 Å². The van der Waals surface area contributed by atoms with E-state index in [1.807, 2.05) is 12.1 Å². The summed E-state index contributed by atoms with van der Waals surface area (Å²) < 4.78 is 23.3. The lowest BCUT2D eigenvalue weighted by Crippen LogP contribution is -2.12. The molecule has 21 heavy (non-hydrogen) atoms. The molecule has 0 atom stereocenters. The lowest BCUT2D eigenvalue weighted by atomic mass is 10.1. The van der Waals surface area contributed by atoms with Crippen LogP contribution in [0.15, 0.2) is 51.8 Å². The molecule has 2 aromatic rings. The van der Waals surface area contributed by atoms with Gasteiger partial charge >= 0.3 is 0 Å². The molecule has 2 rings (SSSR count). The van der Waals surface area contributed by atoms with Gasteiger partial charge in [-0.1, -0.05) is 28.1 Å². The number of anilines is 2. The SMILES string of the molecule is NC(=S)c1ccc(Br)cc1Nc1ccc(S(N)(=O)=O)cc1. The van der Waals surface area contributed by atoms with Crippen LogP contribution < -0.4 is 16.2 Å². The number of thiocarbonyl (C=S) groups is 1. The lowest BCUT2D eigenvalue weighted by Gasteiger charge is -2.12. The second kappa shape index (κ2) is 6.10. The molecular formula is C13H12BrN3O2S2. The molecule has 0 unspecified atom stereocenters. The molecule has 0 saturated heterocycles. The van der Waals surface area contributed by atoms with Gasteiger partial charge in [-0.05, 0) is 42.5 Å². The number of rotatable bonds is 4. The number of hydrogen-bond acceptors (Lipinski definition) is 4. The van der Waals surface area contributed by atoms with Crippen molar-refractivity contribution in [1.82, 2.24) is 0 Å². The number of nitrogens with one attached hydrogen (secondary N) is 1. The fraction of sp³-hybridized carbons (Fsp3) is 0. The van der Waals surface area contributed by atoms with Gasteiger partial charge in [0, 0.05) is 21.4 Å². The first kappa shape index (κ1) is 15.9. The van der Waals surface area contributed by atoms with E-state index in [4.69, 9.17) is 23.1 Å². The fourth-order valence-corrected chi connectivity index (χ4v) is 2.77. The van der Waals surface area contributed by atoms with Gasteiger partial charge in [-0.2, -0.15) is 0 Å². The number of hydrogen-bond donors (Lipinski definition) is 3. The monoisotopic (exact) mass is 385 g/mol. The third-order valence-electron chi connectivity index (χ3n) is 2.71. The Hall–Kier alpha value is -1.48. The summed E-state index contributed by atoms with van der Waals surface area (Å²) in [5.41, 5.74) is 7.79. The molecular weight excluding hydrogens is 374 g/mol. The smallest absolute Gasteiger partial charge is 0.238 e. The molecule has 0 fully saturated rings. The second-order valence-electron chi connectivity index (χ2n) is 4.25. The normalized spacial score (nSPS) is 11.1. The molecule has 0 heterocycles. The fourth-order valence-electron chi connectivity index (χ4n) is 1.72. The van der Waals surface area contributed by atoms with Crippen LogP contribution in [0.25, 0.3) is 0 Å². The van der Waals surface area contributed by atoms with E-state index in [-0.39, 0.29) is 9.88 Å². The van der Waals surface area contributed by atoms with Gasteiger partial charge in [0.05, 0.1) is 4.90 Å². The quantitative estimate of drug-likeness (QED) is 0.702. The third-order valence-corrected chi connectivity index (χ3v) is 4.35. The van der Waals surface area contributed by atoms with Gasteiger partial charge in [0.15, 0.2) is 0 Å². The first-order valence-electron chi connectivity index (χ1n) is 5.76. The van der Waals surface area contributed by atoms with Gasteiger partial charge in [0.25, 0.3) is 0 Å². The minimum atomic E-state index is -3.70. The molecule has 2 aromatic carbocycles. The molecule has 0 spiro atoms. The summed E-state index contributed by atoms with van der Waals surface area (Å²) in [6, 6.07) is 11.6. The van der Waals surface area contributed by atoms with E-state index in [1.165, 1.54) is 12.1 Å². The Kier molecular flexibility index (Phi) is 4.62. The number of sulfonamides is 1. The van der Waals surface area contributed by atoms with Crippen molar-refractivity contribution in [2.45, 2.75) is 4.90 Å². The van der Waals surface area contributed by atoms with Gasteiger partial charge in [-0.15, -0.1) is 0 Å². The zero-order valence-electron chi connectivity index (χ0n) is 10.7. The first-order valence-corrected chi connectivity index (χ1v) is 8.51. The van der Waals surface area contributed by atoms with Crippen LogP contribution in [0.4, 0.5) is 11.4 Å². The number of primary sulfonamides is 1. The summed E-state index contributed by atoms with van der Waals surface area (Å²) in [6.07, 6.45) is 0. The highest BCUT2D eigenvalue weighted by Gasteiger charge is 2.09. The maximum absolute atomic E-state index is 11.2. The molecule has 0 aromatic heterocycles. The Balaban J connectivity index is 2.34. The van der Waals surface area contributed by atoms with E-state index in [2.05, 4.69) is 21.2 Å². The minimum Gasteiger partial charge on any atom is -0.389 e. The largest absolute Gasteiger partial charge is 0.389 e. The third kappa shape index (κ3) is 4.01. The number of halogens is 1. The van der Waals surface area contributed by atoms with Crippen LogP contribution >= 0.6 is 28.1 Å². The van der Waals surface area contributed by atoms with Crippen molar-refractivity contribution in [2.75, 3.05) is 5.32 Å². The highest BCUT2D eigenvalue weighted by molar-refractivity contribution is 9.10. The zero-order chi connectivity index (χ0) is 15.6. The second-order valence-corrected chi connectivity index (χ2v) is 7.17. The Labute approximate surface area is 136 Å². The molecule has 0 bridgehead atoms. The van der Waals surface area contributed by atoms with E-state index < -0.39 is 10.0 Å². The van der Waals surface area contributed by atoms with Crippen LogP contribution in [-0.2, 0) is 10.0 Å². The van der Waals surface area contributed by atoms with Crippen LogP contribution in [-0.4, -0.2) is 13.4 Å². The number of benzene rings is 2. The zero-order valence-corrected chi connectivity index (χ0v) is 13.9. The van der Waals surface area contributed by atoms with Crippen LogP contribution in [0.2, 0.25) is 0 Å². The van der Waals surface area contributed by atoms with Crippen molar-refractivity contribution in [3.05, 3.63) is 52.5 Å². The summed E-state index contributed by atoms with van der Waals surface area (Å²) in [6.45, 7) is 0. The average Bonchev–Trinajstić information content (AvgIpc) is 2.38. The van der Waals surface area contributed by atoms with Crippen molar-refractivity contribution >= 4 is 54.5 Å². The molecule has 0 aliphatic carbocycles. The maximum Gasteiger partial charge on any atom is 0.238 e. The highest BCUT2D eigenvalue weighted by atomic mass is 79.9. The summed E-state index contributed by atoms with van der Waals surface area (Å²) in [5, 5.41) is 8.20. The molecule has 8 heteroatoms. The van der Waals surface area contributed by atoms with E-state index in [0.717, 1.165) is 10.2 Å². The van der Waals surface area contributed by atoms with Gasteiger partial charge in [0.1, 0.15) is 4.99 Å². The standard InChI is InChI=1S/C13H12BrN3O2S2/c14-8-1-6-11(13(15)20)12(7-8)17-9-2-4-10(5-3-9)21(16,18)19/h1-7,17H,(H2,15,20)(H2,16,18,19). The molecule has 0 radical (unpaired) electrons. The summed E-state index contributed by atoms with van der Waals surface area (Å²) in [4.78, 5) is 0.322. The molecule has 5 nitrogen and oxygen atoms in total.